The Morgan fingerprint density at radius 3 is 2.38 bits per heavy atom. The largest absolute Gasteiger partial charge is 0.460 e. The quantitative estimate of drug-likeness (QED) is 0.541. The third-order valence-electron chi connectivity index (χ3n) is 2.36. The lowest BCUT2D eigenvalue weighted by molar-refractivity contribution is 0.0318. The Morgan fingerprint density at radius 2 is 1.76 bits per heavy atom. The molecule has 116 valence electrons. The molecule has 0 saturated carbocycles. The van der Waals surface area contributed by atoms with Crippen LogP contribution in [0.25, 0.3) is 0 Å². The van der Waals surface area contributed by atoms with Crippen molar-refractivity contribution in [2.24, 2.45) is 0 Å². The second kappa shape index (κ2) is 9.07. The molecule has 0 fully saturated rings. The molecular formula is C15H21NO5. The van der Waals surface area contributed by atoms with Crippen LogP contribution in [0.5, 0.6) is 0 Å². The number of carbonyl (C=O) groups excluding carboxylic acids is 2. The van der Waals surface area contributed by atoms with Gasteiger partial charge in [0.25, 0.3) is 0 Å². The normalized spacial score (nSPS) is 10.5. The number of ether oxygens (including phenoxy) is 3. The molecule has 1 rings (SSSR count). The summed E-state index contributed by atoms with van der Waals surface area (Å²) in [4.78, 5) is 27.4. The minimum atomic E-state index is -0.540. The van der Waals surface area contributed by atoms with E-state index in [9.17, 15) is 9.59 Å². The molecule has 0 aromatic carbocycles. The molecule has 0 amide bonds. The number of carbonyl (C=O) groups is 2. The molecule has 0 aliphatic rings. The van der Waals surface area contributed by atoms with Crippen LogP contribution >= 0.6 is 0 Å². The Balaban J connectivity index is 2.54. The Morgan fingerprint density at radius 1 is 1.10 bits per heavy atom. The molecule has 6 heteroatoms. The minimum Gasteiger partial charge on any atom is -0.460 e. The Kier molecular flexibility index (Phi) is 7.39. The van der Waals surface area contributed by atoms with E-state index in [4.69, 9.17) is 14.2 Å². The molecule has 21 heavy (non-hydrogen) atoms. The van der Waals surface area contributed by atoms with E-state index in [1.807, 2.05) is 6.92 Å². The van der Waals surface area contributed by atoms with E-state index in [-0.39, 0.29) is 23.8 Å². The molecule has 0 aliphatic carbocycles. The second-order valence-electron chi connectivity index (χ2n) is 4.66. The molecule has 0 spiro atoms. The lowest BCUT2D eigenvalue weighted by Crippen LogP contribution is -2.14. The standard InChI is InChI=1S/C15H21NO5/c1-4-5-19-6-7-20-14(17)12-8-13(10-16-9-12)15(18)21-11(2)3/h8-11H,4-7H2,1-3H3. The van der Waals surface area contributed by atoms with E-state index in [0.29, 0.717) is 13.2 Å². The zero-order chi connectivity index (χ0) is 15.7. The van der Waals surface area contributed by atoms with Crippen LogP contribution in [0.4, 0.5) is 0 Å². The maximum Gasteiger partial charge on any atom is 0.339 e. The molecule has 0 aliphatic heterocycles. The van der Waals surface area contributed by atoms with Crippen LogP contribution in [-0.4, -0.2) is 42.8 Å². The van der Waals surface area contributed by atoms with Gasteiger partial charge in [-0.05, 0) is 26.3 Å². The third-order valence-corrected chi connectivity index (χ3v) is 2.36. The van der Waals surface area contributed by atoms with E-state index >= 15 is 0 Å². The first-order valence-electron chi connectivity index (χ1n) is 6.95. The molecule has 0 radical (unpaired) electrons. The van der Waals surface area contributed by atoms with Gasteiger partial charge in [-0.3, -0.25) is 4.98 Å². The van der Waals surface area contributed by atoms with Crippen molar-refractivity contribution in [2.75, 3.05) is 19.8 Å². The highest BCUT2D eigenvalue weighted by atomic mass is 16.6. The highest BCUT2D eigenvalue weighted by molar-refractivity contribution is 5.94. The molecule has 1 aromatic heterocycles. The number of pyridine rings is 1. The fourth-order valence-electron chi connectivity index (χ4n) is 1.47. The first-order chi connectivity index (χ1) is 10.0. The van der Waals surface area contributed by atoms with E-state index in [2.05, 4.69) is 4.98 Å². The zero-order valence-corrected chi connectivity index (χ0v) is 12.6. The Labute approximate surface area is 124 Å². The maximum atomic E-state index is 11.8. The molecule has 0 saturated heterocycles. The van der Waals surface area contributed by atoms with Crippen molar-refractivity contribution < 1.29 is 23.8 Å². The highest BCUT2D eigenvalue weighted by Crippen LogP contribution is 2.07. The van der Waals surface area contributed by atoms with Crippen LogP contribution in [0.15, 0.2) is 18.5 Å². The van der Waals surface area contributed by atoms with E-state index < -0.39 is 11.9 Å². The first-order valence-corrected chi connectivity index (χ1v) is 6.95. The van der Waals surface area contributed by atoms with Crippen LogP contribution in [0.3, 0.4) is 0 Å². The molecule has 0 unspecified atom stereocenters. The van der Waals surface area contributed by atoms with Crippen molar-refractivity contribution in [2.45, 2.75) is 33.3 Å². The zero-order valence-electron chi connectivity index (χ0n) is 12.6. The van der Waals surface area contributed by atoms with Gasteiger partial charge in [0.05, 0.1) is 23.8 Å². The van der Waals surface area contributed by atoms with Crippen LogP contribution in [0, 0.1) is 0 Å². The fraction of sp³-hybridized carbons (Fsp3) is 0.533. The summed E-state index contributed by atoms with van der Waals surface area (Å²) in [5, 5.41) is 0. The summed E-state index contributed by atoms with van der Waals surface area (Å²) in [7, 11) is 0. The van der Waals surface area contributed by atoms with Gasteiger partial charge >= 0.3 is 11.9 Å². The summed E-state index contributed by atoms with van der Waals surface area (Å²) in [5.41, 5.74) is 0.434. The molecular weight excluding hydrogens is 274 g/mol. The molecule has 0 N–H and O–H groups in total. The first kappa shape index (κ1) is 17.1. The molecule has 6 nitrogen and oxygen atoms in total. The number of nitrogens with zero attached hydrogens (tertiary/aromatic N) is 1. The van der Waals surface area contributed by atoms with Gasteiger partial charge in [-0.25, -0.2) is 9.59 Å². The highest BCUT2D eigenvalue weighted by Gasteiger charge is 2.14. The van der Waals surface area contributed by atoms with Gasteiger partial charge in [0.15, 0.2) is 0 Å². The van der Waals surface area contributed by atoms with Crippen LogP contribution in [0.2, 0.25) is 0 Å². The number of hydrogen-bond acceptors (Lipinski definition) is 6. The van der Waals surface area contributed by atoms with Crippen molar-refractivity contribution in [3.8, 4) is 0 Å². The predicted octanol–water partition coefficient (Wildman–Crippen LogP) is 2.23. The summed E-state index contributed by atoms with van der Waals surface area (Å²) in [5.74, 6) is -1.06. The Bertz CT molecular complexity index is 473. The average molecular weight is 295 g/mol. The molecule has 0 bridgehead atoms. The smallest absolute Gasteiger partial charge is 0.339 e. The van der Waals surface area contributed by atoms with Gasteiger partial charge in [-0.1, -0.05) is 6.92 Å². The molecule has 1 heterocycles. The van der Waals surface area contributed by atoms with Gasteiger partial charge in [-0.15, -0.1) is 0 Å². The lowest BCUT2D eigenvalue weighted by atomic mass is 10.2. The van der Waals surface area contributed by atoms with Crippen molar-refractivity contribution in [1.82, 2.24) is 4.98 Å². The number of esters is 2. The van der Waals surface area contributed by atoms with Crippen LogP contribution in [-0.2, 0) is 14.2 Å². The van der Waals surface area contributed by atoms with Gasteiger partial charge < -0.3 is 14.2 Å². The summed E-state index contributed by atoms with van der Waals surface area (Å²) in [6, 6.07) is 1.41. The minimum absolute atomic E-state index is 0.166. The summed E-state index contributed by atoms with van der Waals surface area (Å²) >= 11 is 0. The number of rotatable bonds is 8. The van der Waals surface area contributed by atoms with Crippen molar-refractivity contribution in [1.29, 1.82) is 0 Å². The summed E-state index contributed by atoms with van der Waals surface area (Å²) < 4.78 is 15.3. The fourth-order valence-corrected chi connectivity index (χ4v) is 1.47. The summed E-state index contributed by atoms with van der Waals surface area (Å²) in [6.45, 7) is 6.65. The topological polar surface area (TPSA) is 74.7 Å². The maximum absolute atomic E-state index is 11.8. The Hall–Kier alpha value is -1.95. The monoisotopic (exact) mass is 295 g/mol. The van der Waals surface area contributed by atoms with Crippen molar-refractivity contribution in [3.05, 3.63) is 29.6 Å². The van der Waals surface area contributed by atoms with Gasteiger partial charge in [-0.2, -0.15) is 0 Å². The van der Waals surface area contributed by atoms with Crippen molar-refractivity contribution >= 4 is 11.9 Å². The predicted molar refractivity (Wildman–Crippen MR) is 76.2 cm³/mol. The molecule has 0 atom stereocenters. The van der Waals surface area contributed by atoms with E-state index in [0.717, 1.165) is 6.42 Å². The van der Waals surface area contributed by atoms with Gasteiger partial charge in [0.1, 0.15) is 6.61 Å². The van der Waals surface area contributed by atoms with E-state index in [1.165, 1.54) is 18.5 Å². The average Bonchev–Trinajstić information content (AvgIpc) is 2.46. The second-order valence-corrected chi connectivity index (χ2v) is 4.66. The number of aromatic nitrogens is 1. The molecule has 1 aromatic rings. The lowest BCUT2D eigenvalue weighted by Gasteiger charge is -2.08. The SMILES string of the molecule is CCCOCCOC(=O)c1cncc(C(=O)OC(C)C)c1. The van der Waals surface area contributed by atoms with Crippen LogP contribution < -0.4 is 0 Å². The van der Waals surface area contributed by atoms with Gasteiger partial charge in [0, 0.05) is 19.0 Å². The summed E-state index contributed by atoms with van der Waals surface area (Å²) in [6.07, 6.45) is 3.38. The third kappa shape index (κ3) is 6.35. The van der Waals surface area contributed by atoms with E-state index in [1.54, 1.807) is 13.8 Å². The van der Waals surface area contributed by atoms with Gasteiger partial charge in [0.2, 0.25) is 0 Å². The van der Waals surface area contributed by atoms with Crippen LogP contribution in [0.1, 0.15) is 47.9 Å². The van der Waals surface area contributed by atoms with Crippen molar-refractivity contribution in [3.63, 3.8) is 0 Å². The number of hydrogen-bond donors (Lipinski definition) is 0.